The van der Waals surface area contributed by atoms with Crippen LogP contribution in [0.2, 0.25) is 0 Å². The molecule has 0 bridgehead atoms. The van der Waals surface area contributed by atoms with E-state index < -0.39 is 0 Å². The van der Waals surface area contributed by atoms with Gasteiger partial charge in [0.25, 0.3) is 5.56 Å². The highest BCUT2D eigenvalue weighted by molar-refractivity contribution is 7.99. The van der Waals surface area contributed by atoms with Gasteiger partial charge in [-0.25, -0.2) is 9.78 Å². The first kappa shape index (κ1) is 11.6. The molecule has 1 aliphatic heterocycles. The highest BCUT2D eigenvalue weighted by Gasteiger charge is 2.25. The minimum atomic E-state index is -0.370. The van der Waals surface area contributed by atoms with Crippen LogP contribution in [0.5, 0.6) is 0 Å². The molecule has 2 heterocycles. The Balaban J connectivity index is 1.92. The van der Waals surface area contributed by atoms with E-state index in [-0.39, 0.29) is 23.3 Å². The number of aromatic nitrogens is 2. The van der Waals surface area contributed by atoms with Crippen molar-refractivity contribution >= 4 is 23.7 Å². The first-order valence-corrected chi connectivity index (χ1v) is 5.92. The Bertz CT molecular complexity index is 501. The number of nitrogens with one attached hydrogen (secondary N) is 2. The van der Waals surface area contributed by atoms with E-state index in [0.717, 1.165) is 16.7 Å². The maximum absolute atomic E-state index is 11.6. The molecular formula is C9H10N4O3S. The molecule has 0 unspecified atom stereocenters. The summed E-state index contributed by atoms with van der Waals surface area (Å²) in [5.74, 6) is -0.225. The fourth-order valence-electron chi connectivity index (χ4n) is 1.34. The fraction of sp³-hybridized carbons (Fsp3) is 0.333. The molecule has 0 spiro atoms. The number of aromatic amines is 1. The van der Waals surface area contributed by atoms with Crippen LogP contribution in [0, 0.1) is 0 Å². The molecule has 2 N–H and O–H groups in total. The standard InChI is InChI=1S/C9H10N4O3S/c14-6-1-2-10-8(12-6)17-5-7(15)13-4-3-11-9(13)16/h1-2H,3-5H2,(H,11,16)(H,10,12,14). The molecule has 1 aromatic rings. The molecule has 8 heteroatoms. The third-order valence-electron chi connectivity index (χ3n) is 2.14. The van der Waals surface area contributed by atoms with Crippen molar-refractivity contribution in [2.75, 3.05) is 18.8 Å². The zero-order valence-corrected chi connectivity index (χ0v) is 9.62. The summed E-state index contributed by atoms with van der Waals surface area (Å²) in [5, 5.41) is 2.91. The van der Waals surface area contributed by atoms with Gasteiger partial charge in [0.15, 0.2) is 5.16 Å². The summed E-state index contributed by atoms with van der Waals surface area (Å²) in [6, 6.07) is 0.921. The minimum absolute atomic E-state index is 0.0698. The minimum Gasteiger partial charge on any atom is -0.336 e. The molecule has 0 atom stereocenters. The maximum Gasteiger partial charge on any atom is 0.324 e. The number of carbonyl (C=O) groups is 2. The van der Waals surface area contributed by atoms with Crippen molar-refractivity contribution < 1.29 is 9.59 Å². The number of hydrogen-bond acceptors (Lipinski definition) is 5. The van der Waals surface area contributed by atoms with Crippen molar-refractivity contribution in [1.29, 1.82) is 0 Å². The first-order chi connectivity index (χ1) is 8.16. The predicted octanol–water partition coefficient (Wildman–Crippen LogP) is -0.586. The number of urea groups is 1. The molecule has 1 fully saturated rings. The molecule has 17 heavy (non-hydrogen) atoms. The molecule has 90 valence electrons. The van der Waals surface area contributed by atoms with E-state index in [1.165, 1.54) is 12.3 Å². The van der Waals surface area contributed by atoms with Crippen LogP contribution < -0.4 is 10.9 Å². The SMILES string of the molecule is O=C(CSc1nccc(=O)[nH]1)N1CCNC1=O. The van der Waals surface area contributed by atoms with Crippen LogP contribution in [-0.2, 0) is 4.79 Å². The van der Waals surface area contributed by atoms with Gasteiger partial charge >= 0.3 is 6.03 Å². The van der Waals surface area contributed by atoms with Crippen LogP contribution in [0.25, 0.3) is 0 Å². The van der Waals surface area contributed by atoms with Gasteiger partial charge < -0.3 is 10.3 Å². The summed E-state index contributed by atoms with van der Waals surface area (Å²) in [6.45, 7) is 0.868. The summed E-state index contributed by atoms with van der Waals surface area (Å²) in [4.78, 5) is 41.3. The van der Waals surface area contributed by atoms with E-state index in [0.29, 0.717) is 18.2 Å². The number of hydrogen-bond donors (Lipinski definition) is 2. The highest BCUT2D eigenvalue weighted by Crippen LogP contribution is 2.11. The third-order valence-corrected chi connectivity index (χ3v) is 3.01. The van der Waals surface area contributed by atoms with Crippen molar-refractivity contribution in [3.05, 3.63) is 22.6 Å². The molecule has 0 aliphatic carbocycles. The van der Waals surface area contributed by atoms with Crippen LogP contribution in [0.4, 0.5) is 4.79 Å². The van der Waals surface area contributed by atoms with Gasteiger partial charge in [-0.1, -0.05) is 11.8 Å². The Kier molecular flexibility index (Phi) is 3.43. The highest BCUT2D eigenvalue weighted by atomic mass is 32.2. The third kappa shape index (κ3) is 2.84. The molecular weight excluding hydrogens is 244 g/mol. The second kappa shape index (κ2) is 5.00. The van der Waals surface area contributed by atoms with Crippen LogP contribution in [-0.4, -0.2) is 45.6 Å². The van der Waals surface area contributed by atoms with E-state index in [4.69, 9.17) is 0 Å². The average molecular weight is 254 g/mol. The fourth-order valence-corrected chi connectivity index (χ4v) is 2.07. The van der Waals surface area contributed by atoms with E-state index in [2.05, 4.69) is 15.3 Å². The van der Waals surface area contributed by atoms with Gasteiger partial charge in [0, 0.05) is 25.4 Å². The molecule has 2 rings (SSSR count). The number of amides is 3. The number of nitrogens with zero attached hydrogens (tertiary/aromatic N) is 2. The molecule has 3 amide bonds. The van der Waals surface area contributed by atoms with Crippen LogP contribution >= 0.6 is 11.8 Å². The molecule has 1 aliphatic rings. The van der Waals surface area contributed by atoms with Crippen molar-refractivity contribution in [2.24, 2.45) is 0 Å². The first-order valence-electron chi connectivity index (χ1n) is 4.93. The van der Waals surface area contributed by atoms with Crippen molar-refractivity contribution in [3.8, 4) is 0 Å². The predicted molar refractivity (Wildman–Crippen MR) is 60.7 cm³/mol. The second-order valence-corrected chi connectivity index (χ2v) is 4.27. The Morgan fingerprint density at radius 1 is 1.53 bits per heavy atom. The lowest BCUT2D eigenvalue weighted by Gasteiger charge is -2.10. The summed E-state index contributed by atoms with van der Waals surface area (Å²) < 4.78 is 0. The Morgan fingerprint density at radius 2 is 2.35 bits per heavy atom. The quantitative estimate of drug-likeness (QED) is 0.555. The Labute approximate surface area is 101 Å². The summed E-state index contributed by atoms with van der Waals surface area (Å²) >= 11 is 1.09. The van der Waals surface area contributed by atoms with Crippen molar-refractivity contribution in [3.63, 3.8) is 0 Å². The lowest BCUT2D eigenvalue weighted by Crippen LogP contribution is -2.35. The number of rotatable bonds is 3. The molecule has 1 aromatic heterocycles. The molecule has 0 radical (unpaired) electrons. The van der Waals surface area contributed by atoms with Gasteiger partial charge in [-0.15, -0.1) is 0 Å². The lowest BCUT2D eigenvalue weighted by atomic mass is 10.5. The van der Waals surface area contributed by atoms with Crippen molar-refractivity contribution in [1.82, 2.24) is 20.2 Å². The summed E-state index contributed by atoms with van der Waals surface area (Å²) in [7, 11) is 0. The van der Waals surface area contributed by atoms with E-state index in [1.54, 1.807) is 0 Å². The average Bonchev–Trinajstić information content (AvgIpc) is 2.72. The number of H-pyrrole nitrogens is 1. The van der Waals surface area contributed by atoms with Gasteiger partial charge in [-0.3, -0.25) is 14.5 Å². The monoisotopic (exact) mass is 254 g/mol. The van der Waals surface area contributed by atoms with Crippen LogP contribution in [0.3, 0.4) is 0 Å². The summed E-state index contributed by atoms with van der Waals surface area (Å²) in [5.41, 5.74) is -0.270. The zero-order valence-electron chi connectivity index (χ0n) is 8.80. The molecule has 7 nitrogen and oxygen atoms in total. The topological polar surface area (TPSA) is 95.2 Å². The zero-order chi connectivity index (χ0) is 12.3. The van der Waals surface area contributed by atoms with E-state index in [9.17, 15) is 14.4 Å². The normalized spacial score (nSPS) is 14.8. The summed E-state index contributed by atoms with van der Waals surface area (Å²) in [6.07, 6.45) is 1.37. The van der Waals surface area contributed by atoms with Gasteiger partial charge in [0.2, 0.25) is 5.91 Å². The largest absolute Gasteiger partial charge is 0.336 e. The second-order valence-electron chi connectivity index (χ2n) is 3.31. The Hall–Kier alpha value is -1.83. The van der Waals surface area contributed by atoms with E-state index >= 15 is 0 Å². The van der Waals surface area contributed by atoms with Gasteiger partial charge in [0.05, 0.1) is 5.75 Å². The van der Waals surface area contributed by atoms with E-state index in [1.807, 2.05) is 0 Å². The van der Waals surface area contributed by atoms with Gasteiger partial charge in [0.1, 0.15) is 0 Å². The van der Waals surface area contributed by atoms with Crippen LogP contribution in [0.15, 0.2) is 22.2 Å². The van der Waals surface area contributed by atoms with Crippen LogP contribution in [0.1, 0.15) is 0 Å². The number of carbonyl (C=O) groups excluding carboxylic acids is 2. The lowest BCUT2D eigenvalue weighted by molar-refractivity contribution is -0.124. The maximum atomic E-state index is 11.6. The van der Waals surface area contributed by atoms with Gasteiger partial charge in [-0.05, 0) is 0 Å². The van der Waals surface area contributed by atoms with Gasteiger partial charge in [-0.2, -0.15) is 0 Å². The van der Waals surface area contributed by atoms with Crippen molar-refractivity contribution in [2.45, 2.75) is 5.16 Å². The molecule has 1 saturated heterocycles. The molecule has 0 aromatic carbocycles. The number of thioether (sulfide) groups is 1. The smallest absolute Gasteiger partial charge is 0.324 e. The molecule has 0 saturated carbocycles. The Morgan fingerprint density at radius 3 is 3.00 bits per heavy atom. The number of imide groups is 1.